The Morgan fingerprint density at radius 3 is 2.68 bits per heavy atom. The van der Waals surface area contributed by atoms with E-state index in [0.29, 0.717) is 18.1 Å². The van der Waals surface area contributed by atoms with Gasteiger partial charge < -0.3 is 20.2 Å². The van der Waals surface area contributed by atoms with Crippen LogP contribution in [0.1, 0.15) is 31.9 Å². The number of carboxylic acid groups (broad SMARTS) is 1. The molecular formula is C12H19N3O4. The van der Waals surface area contributed by atoms with E-state index in [1.54, 1.807) is 20.0 Å². The third kappa shape index (κ3) is 4.61. The Bertz CT molecular complexity index is 444. The quantitative estimate of drug-likeness (QED) is 0.721. The van der Waals surface area contributed by atoms with Crippen LogP contribution in [-0.2, 0) is 11.3 Å². The van der Waals surface area contributed by atoms with Gasteiger partial charge in [0, 0.05) is 0 Å². The lowest BCUT2D eigenvalue weighted by atomic mass is 9.99. The van der Waals surface area contributed by atoms with E-state index in [0.717, 1.165) is 0 Å². The van der Waals surface area contributed by atoms with E-state index < -0.39 is 18.0 Å². The van der Waals surface area contributed by atoms with Gasteiger partial charge in [0.2, 0.25) is 5.89 Å². The van der Waals surface area contributed by atoms with Gasteiger partial charge in [0.15, 0.2) is 0 Å². The number of hydrogen-bond acceptors (Lipinski definition) is 4. The molecule has 0 unspecified atom stereocenters. The number of carboxylic acids is 1. The predicted molar refractivity (Wildman–Crippen MR) is 67.5 cm³/mol. The highest BCUT2D eigenvalue weighted by Crippen LogP contribution is 2.07. The maximum Gasteiger partial charge on any atom is 0.326 e. The molecule has 1 heterocycles. The highest BCUT2D eigenvalue weighted by Gasteiger charge is 2.25. The third-order valence-corrected chi connectivity index (χ3v) is 2.83. The average Bonchev–Trinajstić information content (AvgIpc) is 2.78. The number of urea groups is 1. The molecular weight excluding hydrogens is 250 g/mol. The Morgan fingerprint density at radius 2 is 2.21 bits per heavy atom. The van der Waals surface area contributed by atoms with E-state index in [1.165, 1.54) is 0 Å². The van der Waals surface area contributed by atoms with E-state index in [-0.39, 0.29) is 12.5 Å². The molecule has 3 N–H and O–H groups in total. The van der Waals surface area contributed by atoms with Crippen LogP contribution in [0.3, 0.4) is 0 Å². The monoisotopic (exact) mass is 269 g/mol. The third-order valence-electron chi connectivity index (χ3n) is 2.83. The first kappa shape index (κ1) is 15.0. The molecule has 0 fully saturated rings. The van der Waals surface area contributed by atoms with Crippen molar-refractivity contribution in [3.05, 3.63) is 17.8 Å². The summed E-state index contributed by atoms with van der Waals surface area (Å²) < 4.78 is 5.19. The zero-order chi connectivity index (χ0) is 14.4. The summed E-state index contributed by atoms with van der Waals surface area (Å²) in [4.78, 5) is 26.6. The Kier molecular flexibility index (Phi) is 5.35. The molecule has 0 radical (unpaired) electrons. The van der Waals surface area contributed by atoms with Gasteiger partial charge in [0.1, 0.15) is 11.8 Å². The van der Waals surface area contributed by atoms with Crippen LogP contribution in [0, 0.1) is 12.8 Å². The standard InChI is InChI=1S/C12H19N3O4/c1-4-7(2)10(11(16)17)15-12(18)14-6-9-13-5-8(3)19-9/h5,7,10H,4,6H2,1-3H3,(H,16,17)(H2,14,15,18)/t7-,10-/m0/s1. The predicted octanol–water partition coefficient (Wildman–Crippen LogP) is 1.28. The van der Waals surface area contributed by atoms with Crippen molar-refractivity contribution in [1.29, 1.82) is 0 Å². The van der Waals surface area contributed by atoms with E-state index in [2.05, 4.69) is 15.6 Å². The van der Waals surface area contributed by atoms with Crippen LogP contribution in [0.2, 0.25) is 0 Å². The molecule has 0 spiro atoms. The fourth-order valence-corrected chi connectivity index (χ4v) is 1.51. The Hall–Kier alpha value is -2.05. The first-order valence-electron chi connectivity index (χ1n) is 6.12. The zero-order valence-corrected chi connectivity index (χ0v) is 11.3. The highest BCUT2D eigenvalue weighted by molar-refractivity contribution is 5.82. The molecule has 0 saturated heterocycles. The second-order valence-electron chi connectivity index (χ2n) is 4.39. The number of hydrogen-bond donors (Lipinski definition) is 3. The molecule has 2 amide bonds. The van der Waals surface area contributed by atoms with Crippen LogP contribution in [-0.4, -0.2) is 28.1 Å². The lowest BCUT2D eigenvalue weighted by Crippen LogP contribution is -2.48. The van der Waals surface area contributed by atoms with Gasteiger partial charge in [0.05, 0.1) is 12.7 Å². The number of carbonyl (C=O) groups excluding carboxylic acids is 1. The molecule has 1 rings (SSSR count). The van der Waals surface area contributed by atoms with Gasteiger partial charge in [-0.25, -0.2) is 14.6 Å². The molecule has 0 bridgehead atoms. The second-order valence-corrected chi connectivity index (χ2v) is 4.39. The van der Waals surface area contributed by atoms with Crippen molar-refractivity contribution in [2.24, 2.45) is 5.92 Å². The van der Waals surface area contributed by atoms with Crippen LogP contribution in [0.4, 0.5) is 4.79 Å². The van der Waals surface area contributed by atoms with E-state index in [1.807, 2.05) is 6.92 Å². The number of nitrogens with zero attached hydrogens (tertiary/aromatic N) is 1. The van der Waals surface area contributed by atoms with Crippen molar-refractivity contribution in [1.82, 2.24) is 15.6 Å². The molecule has 106 valence electrons. The molecule has 0 saturated carbocycles. The number of aliphatic carboxylic acids is 1. The zero-order valence-electron chi connectivity index (χ0n) is 11.3. The maximum absolute atomic E-state index is 11.6. The summed E-state index contributed by atoms with van der Waals surface area (Å²) in [5.74, 6) is -0.160. The molecule has 0 aliphatic carbocycles. The fourth-order valence-electron chi connectivity index (χ4n) is 1.51. The topological polar surface area (TPSA) is 104 Å². The molecule has 7 heteroatoms. The number of oxazole rings is 1. The van der Waals surface area contributed by atoms with Crippen molar-refractivity contribution in [3.8, 4) is 0 Å². The summed E-state index contributed by atoms with van der Waals surface area (Å²) in [6.45, 7) is 5.51. The molecule has 0 aromatic carbocycles. The molecule has 2 atom stereocenters. The lowest BCUT2D eigenvalue weighted by molar-refractivity contribution is -0.140. The first-order chi connectivity index (χ1) is 8.93. The summed E-state index contributed by atoms with van der Waals surface area (Å²) >= 11 is 0. The maximum atomic E-state index is 11.6. The van der Waals surface area contributed by atoms with Gasteiger partial charge in [-0.2, -0.15) is 0 Å². The minimum Gasteiger partial charge on any atom is -0.480 e. The molecule has 0 aliphatic heterocycles. The van der Waals surface area contributed by atoms with Crippen LogP contribution >= 0.6 is 0 Å². The smallest absolute Gasteiger partial charge is 0.326 e. The Balaban J connectivity index is 2.46. The van der Waals surface area contributed by atoms with Crippen molar-refractivity contribution < 1.29 is 19.1 Å². The van der Waals surface area contributed by atoms with Crippen molar-refractivity contribution in [3.63, 3.8) is 0 Å². The largest absolute Gasteiger partial charge is 0.480 e. The Morgan fingerprint density at radius 1 is 1.53 bits per heavy atom. The van der Waals surface area contributed by atoms with Gasteiger partial charge >= 0.3 is 12.0 Å². The molecule has 7 nitrogen and oxygen atoms in total. The minimum absolute atomic E-state index is 0.118. The van der Waals surface area contributed by atoms with E-state index in [4.69, 9.17) is 9.52 Å². The minimum atomic E-state index is -1.04. The van der Waals surface area contributed by atoms with Gasteiger partial charge in [-0.05, 0) is 12.8 Å². The number of nitrogens with one attached hydrogen (secondary N) is 2. The van der Waals surface area contributed by atoms with Gasteiger partial charge in [0.25, 0.3) is 0 Å². The summed E-state index contributed by atoms with van der Waals surface area (Å²) in [6, 6.07) is -1.46. The average molecular weight is 269 g/mol. The summed E-state index contributed by atoms with van der Waals surface area (Å²) in [6.07, 6.45) is 2.21. The van der Waals surface area contributed by atoms with Gasteiger partial charge in [-0.15, -0.1) is 0 Å². The molecule has 1 aromatic rings. The normalized spacial score (nSPS) is 13.6. The summed E-state index contributed by atoms with van der Waals surface area (Å²) in [7, 11) is 0. The molecule has 0 aliphatic rings. The lowest BCUT2D eigenvalue weighted by Gasteiger charge is -2.20. The fraction of sp³-hybridized carbons (Fsp3) is 0.583. The number of aromatic nitrogens is 1. The van der Waals surface area contributed by atoms with Crippen LogP contribution in [0.15, 0.2) is 10.6 Å². The van der Waals surface area contributed by atoms with Crippen LogP contribution in [0.5, 0.6) is 0 Å². The van der Waals surface area contributed by atoms with Crippen molar-refractivity contribution in [2.45, 2.75) is 39.8 Å². The number of amides is 2. The SMILES string of the molecule is CC[C@H](C)[C@H](NC(=O)NCc1ncc(C)o1)C(=O)O. The van der Waals surface area contributed by atoms with Gasteiger partial charge in [-0.1, -0.05) is 20.3 Å². The molecule has 19 heavy (non-hydrogen) atoms. The summed E-state index contributed by atoms with van der Waals surface area (Å²) in [5.41, 5.74) is 0. The van der Waals surface area contributed by atoms with Crippen molar-refractivity contribution >= 4 is 12.0 Å². The van der Waals surface area contributed by atoms with Gasteiger partial charge in [-0.3, -0.25) is 0 Å². The second kappa shape index (κ2) is 6.77. The number of rotatable bonds is 6. The van der Waals surface area contributed by atoms with E-state index in [9.17, 15) is 9.59 Å². The van der Waals surface area contributed by atoms with E-state index >= 15 is 0 Å². The van der Waals surface area contributed by atoms with Crippen molar-refractivity contribution in [2.75, 3.05) is 0 Å². The Labute approximate surface area is 111 Å². The summed E-state index contributed by atoms with van der Waals surface area (Å²) in [5, 5.41) is 14.0. The van der Waals surface area contributed by atoms with Crippen LogP contribution in [0.25, 0.3) is 0 Å². The molecule has 1 aromatic heterocycles. The number of aryl methyl sites for hydroxylation is 1. The van der Waals surface area contributed by atoms with Crippen LogP contribution < -0.4 is 10.6 Å². The highest BCUT2D eigenvalue weighted by atomic mass is 16.4. The number of carbonyl (C=O) groups is 2. The first-order valence-corrected chi connectivity index (χ1v) is 6.12.